The average Bonchev–Trinajstić information content (AvgIpc) is 2.68. The predicted octanol–water partition coefficient (Wildman–Crippen LogP) is 1.50. The van der Waals surface area contributed by atoms with Crippen molar-refractivity contribution in [3.05, 3.63) is 41.5 Å². The van der Waals surface area contributed by atoms with Crippen LogP contribution < -0.4 is 5.32 Å². The molecule has 0 saturated carbocycles. The second-order valence-corrected chi connectivity index (χ2v) is 3.31. The summed E-state index contributed by atoms with van der Waals surface area (Å²) in [5.74, 6) is -0.644. The number of nitrogens with one attached hydrogen (secondary N) is 2. The van der Waals surface area contributed by atoms with Gasteiger partial charge in [0.25, 0.3) is 5.91 Å². The number of rotatable bonds is 2. The topological polar surface area (TPSA) is 70.7 Å². The van der Waals surface area contributed by atoms with Gasteiger partial charge in [-0.3, -0.25) is 10.1 Å². The van der Waals surface area contributed by atoms with Gasteiger partial charge in [-0.15, -0.1) is 0 Å². The number of halogens is 1. The Morgan fingerprint density at radius 3 is 2.88 bits per heavy atom. The molecule has 2 aromatic rings. The summed E-state index contributed by atoms with van der Waals surface area (Å²) in [5, 5.41) is 8.52. The Morgan fingerprint density at radius 1 is 1.44 bits per heavy atom. The van der Waals surface area contributed by atoms with Crippen molar-refractivity contribution in [3.63, 3.8) is 0 Å². The summed E-state index contributed by atoms with van der Waals surface area (Å²) in [6, 6.07) is 4.11. The van der Waals surface area contributed by atoms with E-state index < -0.39 is 11.7 Å². The molecule has 1 heterocycles. The molecule has 6 heteroatoms. The quantitative estimate of drug-likeness (QED) is 0.805. The van der Waals surface area contributed by atoms with Crippen LogP contribution in [0.3, 0.4) is 0 Å². The van der Waals surface area contributed by atoms with Crippen LogP contribution in [-0.4, -0.2) is 21.1 Å². The number of benzene rings is 1. The van der Waals surface area contributed by atoms with Crippen LogP contribution in [0.2, 0.25) is 0 Å². The minimum Gasteiger partial charge on any atom is -0.291 e. The standard InChI is InChI=1S/C10H9FN4O/c1-6-2-7(4-8(11)3-6)9(16)14-10-12-5-13-15-10/h2-5H,1H3,(H2,12,13,14,15,16). The Hall–Kier alpha value is -2.24. The van der Waals surface area contributed by atoms with Crippen molar-refractivity contribution in [2.45, 2.75) is 6.92 Å². The highest BCUT2D eigenvalue weighted by Crippen LogP contribution is 2.09. The zero-order chi connectivity index (χ0) is 11.5. The largest absolute Gasteiger partial charge is 0.291 e. The number of carbonyl (C=O) groups is 1. The molecule has 0 aliphatic heterocycles. The SMILES string of the molecule is Cc1cc(F)cc(C(=O)Nc2ncn[nH]2)c1. The number of aromatic amines is 1. The number of aryl methyl sites for hydroxylation is 1. The highest BCUT2D eigenvalue weighted by molar-refractivity contribution is 6.03. The first-order valence-electron chi connectivity index (χ1n) is 4.59. The fourth-order valence-electron chi connectivity index (χ4n) is 1.31. The lowest BCUT2D eigenvalue weighted by Gasteiger charge is -2.02. The van der Waals surface area contributed by atoms with E-state index >= 15 is 0 Å². The molecule has 82 valence electrons. The summed E-state index contributed by atoms with van der Waals surface area (Å²) in [4.78, 5) is 15.4. The third kappa shape index (κ3) is 2.22. The van der Waals surface area contributed by atoms with E-state index in [0.29, 0.717) is 5.56 Å². The van der Waals surface area contributed by atoms with Crippen molar-refractivity contribution < 1.29 is 9.18 Å². The lowest BCUT2D eigenvalue weighted by Crippen LogP contribution is -2.13. The molecular weight excluding hydrogens is 211 g/mol. The normalized spacial score (nSPS) is 10.1. The molecule has 16 heavy (non-hydrogen) atoms. The maximum absolute atomic E-state index is 13.1. The Morgan fingerprint density at radius 2 is 2.25 bits per heavy atom. The van der Waals surface area contributed by atoms with Gasteiger partial charge in [0.15, 0.2) is 0 Å². The lowest BCUT2D eigenvalue weighted by molar-refractivity contribution is 0.102. The van der Waals surface area contributed by atoms with Crippen LogP contribution in [0, 0.1) is 12.7 Å². The van der Waals surface area contributed by atoms with E-state index in [1.54, 1.807) is 13.0 Å². The zero-order valence-corrected chi connectivity index (χ0v) is 8.49. The van der Waals surface area contributed by atoms with E-state index in [2.05, 4.69) is 20.5 Å². The predicted molar refractivity (Wildman–Crippen MR) is 55.5 cm³/mol. The molecule has 1 amide bonds. The Kier molecular flexibility index (Phi) is 2.63. The molecule has 1 aromatic carbocycles. The van der Waals surface area contributed by atoms with Crippen molar-refractivity contribution in [1.29, 1.82) is 0 Å². The van der Waals surface area contributed by atoms with Crippen LogP contribution in [0.1, 0.15) is 15.9 Å². The average molecular weight is 220 g/mol. The van der Waals surface area contributed by atoms with Gasteiger partial charge >= 0.3 is 0 Å². The Balaban J connectivity index is 2.21. The minimum absolute atomic E-state index is 0.229. The number of hydrogen-bond acceptors (Lipinski definition) is 3. The number of hydrogen-bond donors (Lipinski definition) is 2. The van der Waals surface area contributed by atoms with E-state index in [0.717, 1.165) is 0 Å². The monoisotopic (exact) mass is 220 g/mol. The molecule has 0 spiro atoms. The summed E-state index contributed by atoms with van der Waals surface area (Å²) < 4.78 is 13.1. The summed E-state index contributed by atoms with van der Waals surface area (Å²) in [7, 11) is 0. The first kappa shape index (κ1) is 10.3. The van der Waals surface area contributed by atoms with Gasteiger partial charge in [0.1, 0.15) is 12.1 Å². The minimum atomic E-state index is -0.442. The number of H-pyrrole nitrogens is 1. The van der Waals surface area contributed by atoms with Gasteiger partial charge < -0.3 is 0 Å². The molecule has 5 nitrogen and oxygen atoms in total. The number of carbonyl (C=O) groups excluding carboxylic acids is 1. The summed E-state index contributed by atoms with van der Waals surface area (Å²) >= 11 is 0. The molecule has 0 atom stereocenters. The number of amides is 1. The molecule has 2 rings (SSSR count). The molecule has 0 unspecified atom stereocenters. The van der Waals surface area contributed by atoms with Crippen LogP contribution in [-0.2, 0) is 0 Å². The molecule has 0 saturated heterocycles. The molecule has 2 N–H and O–H groups in total. The molecule has 1 aromatic heterocycles. The molecule has 0 aliphatic rings. The Bertz CT molecular complexity index is 489. The van der Waals surface area contributed by atoms with Crippen molar-refractivity contribution in [1.82, 2.24) is 15.2 Å². The number of anilines is 1. The zero-order valence-electron chi connectivity index (χ0n) is 8.49. The lowest BCUT2D eigenvalue weighted by atomic mass is 10.1. The van der Waals surface area contributed by atoms with Gasteiger partial charge in [0.05, 0.1) is 0 Å². The first-order valence-corrected chi connectivity index (χ1v) is 4.59. The molecule has 0 bridgehead atoms. The van der Waals surface area contributed by atoms with Crippen molar-refractivity contribution in [2.24, 2.45) is 0 Å². The van der Waals surface area contributed by atoms with Crippen LogP contribution >= 0.6 is 0 Å². The van der Waals surface area contributed by atoms with E-state index in [1.165, 1.54) is 18.5 Å². The van der Waals surface area contributed by atoms with Gasteiger partial charge in [0.2, 0.25) is 5.95 Å². The van der Waals surface area contributed by atoms with Crippen molar-refractivity contribution >= 4 is 11.9 Å². The van der Waals surface area contributed by atoms with Gasteiger partial charge in [-0.05, 0) is 30.7 Å². The summed E-state index contributed by atoms with van der Waals surface area (Å²) in [5.41, 5.74) is 0.927. The summed E-state index contributed by atoms with van der Waals surface area (Å²) in [6.07, 6.45) is 1.27. The van der Waals surface area contributed by atoms with Crippen LogP contribution in [0.5, 0.6) is 0 Å². The fourth-order valence-corrected chi connectivity index (χ4v) is 1.31. The van der Waals surface area contributed by atoms with Gasteiger partial charge in [-0.25, -0.2) is 9.49 Å². The maximum atomic E-state index is 13.1. The second-order valence-electron chi connectivity index (χ2n) is 3.31. The smallest absolute Gasteiger partial charge is 0.258 e. The number of nitrogens with zero attached hydrogens (tertiary/aromatic N) is 2. The van der Waals surface area contributed by atoms with Gasteiger partial charge in [-0.2, -0.15) is 10.1 Å². The molecule has 0 aliphatic carbocycles. The van der Waals surface area contributed by atoms with E-state index in [9.17, 15) is 9.18 Å². The highest BCUT2D eigenvalue weighted by atomic mass is 19.1. The molecular formula is C10H9FN4O. The highest BCUT2D eigenvalue weighted by Gasteiger charge is 2.09. The van der Waals surface area contributed by atoms with E-state index in [1.807, 2.05) is 0 Å². The van der Waals surface area contributed by atoms with Crippen molar-refractivity contribution in [2.75, 3.05) is 5.32 Å². The van der Waals surface area contributed by atoms with Crippen LogP contribution in [0.4, 0.5) is 10.3 Å². The second kappa shape index (κ2) is 4.09. The maximum Gasteiger partial charge on any atom is 0.258 e. The summed E-state index contributed by atoms with van der Waals surface area (Å²) in [6.45, 7) is 1.72. The van der Waals surface area contributed by atoms with E-state index in [-0.39, 0.29) is 11.5 Å². The van der Waals surface area contributed by atoms with Crippen LogP contribution in [0.15, 0.2) is 24.5 Å². The third-order valence-corrected chi connectivity index (χ3v) is 1.95. The van der Waals surface area contributed by atoms with Crippen LogP contribution in [0.25, 0.3) is 0 Å². The van der Waals surface area contributed by atoms with E-state index in [4.69, 9.17) is 0 Å². The third-order valence-electron chi connectivity index (χ3n) is 1.95. The first-order chi connectivity index (χ1) is 7.65. The van der Waals surface area contributed by atoms with Crippen molar-refractivity contribution in [3.8, 4) is 0 Å². The Labute approximate surface area is 90.7 Å². The molecule has 0 fully saturated rings. The fraction of sp³-hybridized carbons (Fsp3) is 0.100. The molecule has 0 radical (unpaired) electrons. The van der Waals surface area contributed by atoms with Gasteiger partial charge in [-0.1, -0.05) is 0 Å². The van der Waals surface area contributed by atoms with Gasteiger partial charge in [0, 0.05) is 5.56 Å². The number of aromatic nitrogens is 3.